The Morgan fingerprint density at radius 3 is 3.11 bits per heavy atom. The van der Waals surface area contributed by atoms with Crippen LogP contribution in [0.1, 0.15) is 11.5 Å². The number of nitrogens with two attached hydrogens (primary N) is 1. The summed E-state index contributed by atoms with van der Waals surface area (Å²) in [5.41, 5.74) is 3.34. The van der Waals surface area contributed by atoms with Crippen molar-refractivity contribution in [3.05, 3.63) is 17.5 Å². The zero-order chi connectivity index (χ0) is 6.69. The summed E-state index contributed by atoms with van der Waals surface area (Å²) < 4.78 is 4.81. The lowest BCUT2D eigenvalue weighted by Gasteiger charge is -1.87. The second-order valence-corrected chi connectivity index (χ2v) is 1.82. The molecule has 0 fully saturated rings. The van der Waals surface area contributed by atoms with E-state index in [-0.39, 0.29) is 0 Å². The van der Waals surface area contributed by atoms with Crippen molar-refractivity contribution >= 4 is 0 Å². The van der Waals surface area contributed by atoms with Crippen LogP contribution in [0, 0.1) is 6.92 Å². The van der Waals surface area contributed by atoms with E-state index in [4.69, 9.17) is 10.4 Å². The van der Waals surface area contributed by atoms with Crippen molar-refractivity contribution in [2.45, 2.75) is 13.5 Å². The molecule has 9 heavy (non-hydrogen) atoms. The molecule has 0 amide bonds. The van der Waals surface area contributed by atoms with Crippen molar-refractivity contribution in [3.63, 3.8) is 0 Å². The number of aromatic nitrogens is 1. The molecule has 4 heteroatoms. The third-order valence-electron chi connectivity index (χ3n) is 0.953. The highest BCUT2D eigenvalue weighted by Crippen LogP contribution is 1.99. The van der Waals surface area contributed by atoms with Crippen LogP contribution in [0.4, 0.5) is 0 Å². The van der Waals surface area contributed by atoms with Crippen LogP contribution in [0.5, 0.6) is 0 Å². The van der Waals surface area contributed by atoms with Crippen LogP contribution in [0.3, 0.4) is 0 Å². The number of aryl methyl sites for hydroxylation is 1. The van der Waals surface area contributed by atoms with E-state index in [1.807, 2.05) is 13.0 Å². The summed E-state index contributed by atoms with van der Waals surface area (Å²) in [6.07, 6.45) is 0. The molecular formula is C5H9N3O. The maximum Gasteiger partial charge on any atom is 0.152 e. The van der Waals surface area contributed by atoms with Crippen LogP contribution in [0.15, 0.2) is 10.6 Å². The Labute approximate surface area is 53.0 Å². The minimum atomic E-state index is 0.529. The van der Waals surface area contributed by atoms with E-state index < -0.39 is 0 Å². The van der Waals surface area contributed by atoms with Crippen molar-refractivity contribution in [2.24, 2.45) is 5.84 Å². The summed E-state index contributed by atoms with van der Waals surface area (Å²) in [6, 6.07) is 1.83. The lowest BCUT2D eigenvalue weighted by molar-refractivity contribution is 0.371. The van der Waals surface area contributed by atoms with Crippen LogP contribution in [0.2, 0.25) is 0 Å². The molecule has 0 aliphatic carbocycles. The number of nitrogens with one attached hydrogen (secondary N) is 1. The molecule has 50 valence electrons. The minimum Gasteiger partial charge on any atom is -0.360 e. The Hall–Kier alpha value is -0.870. The first-order valence-corrected chi connectivity index (χ1v) is 2.68. The topological polar surface area (TPSA) is 64.1 Å². The van der Waals surface area contributed by atoms with Gasteiger partial charge in [-0.3, -0.25) is 11.3 Å². The predicted octanol–water partition coefficient (Wildman–Crippen LogP) is -0.0537. The predicted molar refractivity (Wildman–Crippen MR) is 32.3 cm³/mol. The third kappa shape index (κ3) is 1.51. The smallest absolute Gasteiger partial charge is 0.152 e. The van der Waals surface area contributed by atoms with Crippen molar-refractivity contribution in [2.75, 3.05) is 0 Å². The van der Waals surface area contributed by atoms with Gasteiger partial charge in [-0.05, 0) is 6.92 Å². The summed E-state index contributed by atoms with van der Waals surface area (Å²) in [7, 11) is 0. The van der Waals surface area contributed by atoms with Gasteiger partial charge in [-0.15, -0.1) is 0 Å². The summed E-state index contributed by atoms with van der Waals surface area (Å²) in [5.74, 6) is 5.79. The first-order chi connectivity index (χ1) is 4.33. The SMILES string of the molecule is Cc1cc(CNN)on1. The molecular weight excluding hydrogens is 118 g/mol. The molecule has 0 aromatic carbocycles. The van der Waals surface area contributed by atoms with Gasteiger partial charge in [-0.2, -0.15) is 0 Å². The van der Waals surface area contributed by atoms with Crippen molar-refractivity contribution < 1.29 is 4.52 Å². The highest BCUT2D eigenvalue weighted by molar-refractivity contribution is 5.02. The molecule has 0 spiro atoms. The Morgan fingerprint density at radius 2 is 2.67 bits per heavy atom. The molecule has 0 saturated heterocycles. The fourth-order valence-electron chi connectivity index (χ4n) is 0.600. The number of hydrogen-bond acceptors (Lipinski definition) is 4. The molecule has 4 nitrogen and oxygen atoms in total. The number of hydrazine groups is 1. The van der Waals surface area contributed by atoms with E-state index in [0.717, 1.165) is 11.5 Å². The fraction of sp³-hybridized carbons (Fsp3) is 0.400. The largest absolute Gasteiger partial charge is 0.360 e. The summed E-state index contributed by atoms with van der Waals surface area (Å²) in [5, 5.41) is 3.66. The van der Waals surface area contributed by atoms with E-state index in [1.165, 1.54) is 0 Å². The Kier molecular flexibility index (Phi) is 1.81. The summed E-state index contributed by atoms with van der Waals surface area (Å²) in [4.78, 5) is 0. The monoisotopic (exact) mass is 127 g/mol. The van der Waals surface area contributed by atoms with Gasteiger partial charge in [-0.1, -0.05) is 5.16 Å². The van der Waals surface area contributed by atoms with Gasteiger partial charge in [0.2, 0.25) is 0 Å². The molecule has 0 aliphatic heterocycles. The Balaban J connectivity index is 2.61. The summed E-state index contributed by atoms with van der Waals surface area (Å²) in [6.45, 7) is 2.39. The van der Waals surface area contributed by atoms with Gasteiger partial charge in [0.1, 0.15) is 0 Å². The molecule has 0 atom stereocenters. The molecule has 3 N–H and O–H groups in total. The van der Waals surface area contributed by atoms with Crippen LogP contribution >= 0.6 is 0 Å². The Morgan fingerprint density at radius 1 is 1.89 bits per heavy atom. The van der Waals surface area contributed by atoms with Gasteiger partial charge < -0.3 is 4.52 Å². The van der Waals surface area contributed by atoms with E-state index in [2.05, 4.69) is 10.6 Å². The zero-order valence-electron chi connectivity index (χ0n) is 5.22. The standard InChI is InChI=1S/C5H9N3O/c1-4-2-5(3-7-6)9-8-4/h2,7H,3,6H2,1H3. The van der Waals surface area contributed by atoms with Crippen LogP contribution in [-0.2, 0) is 6.54 Å². The van der Waals surface area contributed by atoms with Crippen LogP contribution in [-0.4, -0.2) is 5.16 Å². The third-order valence-corrected chi connectivity index (χ3v) is 0.953. The number of nitrogens with zero attached hydrogens (tertiary/aromatic N) is 1. The quantitative estimate of drug-likeness (QED) is 0.431. The maximum absolute atomic E-state index is 5.03. The molecule has 1 aromatic rings. The lowest BCUT2D eigenvalue weighted by Crippen LogP contribution is -2.20. The van der Waals surface area contributed by atoms with Crippen molar-refractivity contribution in [1.29, 1.82) is 0 Å². The van der Waals surface area contributed by atoms with E-state index in [9.17, 15) is 0 Å². The number of hydrogen-bond donors (Lipinski definition) is 2. The van der Waals surface area contributed by atoms with Gasteiger partial charge in [0.25, 0.3) is 0 Å². The number of rotatable bonds is 2. The van der Waals surface area contributed by atoms with Gasteiger partial charge >= 0.3 is 0 Å². The maximum atomic E-state index is 5.03. The second-order valence-electron chi connectivity index (χ2n) is 1.82. The summed E-state index contributed by atoms with van der Waals surface area (Å²) >= 11 is 0. The molecule has 1 aromatic heterocycles. The van der Waals surface area contributed by atoms with Crippen molar-refractivity contribution in [1.82, 2.24) is 10.6 Å². The van der Waals surface area contributed by atoms with Gasteiger partial charge in [0, 0.05) is 6.07 Å². The van der Waals surface area contributed by atoms with Crippen LogP contribution < -0.4 is 11.3 Å². The van der Waals surface area contributed by atoms with E-state index >= 15 is 0 Å². The average molecular weight is 127 g/mol. The Bertz CT molecular complexity index is 184. The zero-order valence-corrected chi connectivity index (χ0v) is 5.22. The van der Waals surface area contributed by atoms with E-state index in [0.29, 0.717) is 6.54 Å². The normalized spacial score (nSPS) is 10.0. The highest BCUT2D eigenvalue weighted by Gasteiger charge is 1.96. The van der Waals surface area contributed by atoms with Gasteiger partial charge in [0.05, 0.1) is 12.2 Å². The average Bonchev–Trinajstić information content (AvgIpc) is 2.17. The molecule has 0 saturated carbocycles. The van der Waals surface area contributed by atoms with E-state index in [1.54, 1.807) is 0 Å². The minimum absolute atomic E-state index is 0.529. The molecule has 0 aliphatic rings. The van der Waals surface area contributed by atoms with Crippen LogP contribution in [0.25, 0.3) is 0 Å². The molecule has 0 radical (unpaired) electrons. The second kappa shape index (κ2) is 2.61. The molecule has 0 unspecified atom stereocenters. The van der Waals surface area contributed by atoms with Crippen molar-refractivity contribution in [3.8, 4) is 0 Å². The first-order valence-electron chi connectivity index (χ1n) is 2.68. The molecule has 1 heterocycles. The highest BCUT2D eigenvalue weighted by atomic mass is 16.5. The molecule has 0 bridgehead atoms. The van der Waals surface area contributed by atoms with Gasteiger partial charge in [0.15, 0.2) is 5.76 Å². The fourth-order valence-corrected chi connectivity index (χ4v) is 0.600. The first kappa shape index (κ1) is 6.25. The lowest BCUT2D eigenvalue weighted by atomic mass is 10.4. The molecule has 1 rings (SSSR count). The van der Waals surface area contributed by atoms with Gasteiger partial charge in [-0.25, -0.2) is 0 Å².